The molecule has 1 aliphatic carbocycles. The Kier molecular flexibility index (Phi) is 3.70. The van der Waals surface area contributed by atoms with Crippen molar-refractivity contribution in [3.63, 3.8) is 0 Å². The highest BCUT2D eigenvalue weighted by Crippen LogP contribution is 2.31. The van der Waals surface area contributed by atoms with Crippen molar-refractivity contribution in [2.45, 2.75) is 37.8 Å². The van der Waals surface area contributed by atoms with Crippen LogP contribution in [0.3, 0.4) is 0 Å². The topological polar surface area (TPSA) is 88.3 Å². The van der Waals surface area contributed by atoms with Gasteiger partial charge in [0.15, 0.2) is 0 Å². The maximum absolute atomic E-state index is 11.1. The highest BCUT2D eigenvalue weighted by Gasteiger charge is 2.21. The molecule has 1 aromatic carbocycles. The zero-order chi connectivity index (χ0) is 14.8. The molecule has 6 heteroatoms. The summed E-state index contributed by atoms with van der Waals surface area (Å²) in [5, 5.41) is 24.8. The predicted octanol–water partition coefficient (Wildman–Crippen LogP) is 2.86. The van der Waals surface area contributed by atoms with Gasteiger partial charge in [-0.1, -0.05) is 0 Å². The molecule has 0 unspecified atom stereocenters. The molecule has 2 aromatic rings. The first kappa shape index (κ1) is 13.8. The summed E-state index contributed by atoms with van der Waals surface area (Å²) in [6.07, 6.45) is 4.76. The van der Waals surface area contributed by atoms with Gasteiger partial charge in [0.25, 0.3) is 5.69 Å². The van der Waals surface area contributed by atoms with E-state index in [-0.39, 0.29) is 11.8 Å². The molecular formula is C15H17N3O3. The number of pyridine rings is 1. The van der Waals surface area contributed by atoms with E-state index in [4.69, 9.17) is 0 Å². The molecular weight excluding hydrogens is 270 g/mol. The number of nitro benzene ring substituents is 1. The lowest BCUT2D eigenvalue weighted by molar-refractivity contribution is -0.383. The molecule has 0 bridgehead atoms. The second-order valence-electron chi connectivity index (χ2n) is 5.44. The number of anilines is 1. The second kappa shape index (κ2) is 5.65. The van der Waals surface area contributed by atoms with Crippen LogP contribution in [0.4, 0.5) is 11.4 Å². The number of benzene rings is 1. The summed E-state index contributed by atoms with van der Waals surface area (Å²) < 4.78 is 0. The first-order valence-electron chi connectivity index (χ1n) is 7.12. The maximum Gasteiger partial charge on any atom is 0.295 e. The van der Waals surface area contributed by atoms with Crippen molar-refractivity contribution in [2.24, 2.45) is 0 Å². The summed E-state index contributed by atoms with van der Waals surface area (Å²) in [6, 6.07) is 7.15. The Morgan fingerprint density at radius 3 is 2.71 bits per heavy atom. The van der Waals surface area contributed by atoms with Gasteiger partial charge >= 0.3 is 0 Å². The Hall–Kier alpha value is -2.21. The first-order chi connectivity index (χ1) is 10.1. The molecule has 2 N–H and O–H groups in total. The monoisotopic (exact) mass is 287 g/mol. The fraction of sp³-hybridized carbons (Fsp3) is 0.400. The lowest BCUT2D eigenvalue weighted by atomic mass is 9.93. The van der Waals surface area contributed by atoms with Crippen molar-refractivity contribution in [3.8, 4) is 0 Å². The summed E-state index contributed by atoms with van der Waals surface area (Å²) in [4.78, 5) is 14.8. The van der Waals surface area contributed by atoms with Gasteiger partial charge in [-0.3, -0.25) is 10.1 Å². The van der Waals surface area contributed by atoms with Crippen LogP contribution in [0.25, 0.3) is 10.9 Å². The van der Waals surface area contributed by atoms with E-state index in [1.165, 1.54) is 6.07 Å². The zero-order valence-corrected chi connectivity index (χ0v) is 11.5. The summed E-state index contributed by atoms with van der Waals surface area (Å²) in [5.74, 6) is 0. The SMILES string of the molecule is O=[N+]([O-])c1ccc(NC2CCC(O)CC2)c2cccnc12. The lowest BCUT2D eigenvalue weighted by Crippen LogP contribution is -2.28. The van der Waals surface area contributed by atoms with Crippen LogP contribution in [0.2, 0.25) is 0 Å². The number of hydrogen-bond acceptors (Lipinski definition) is 5. The van der Waals surface area contributed by atoms with Crippen LogP contribution in [-0.2, 0) is 0 Å². The van der Waals surface area contributed by atoms with Gasteiger partial charge in [0.05, 0.1) is 11.0 Å². The van der Waals surface area contributed by atoms with Crippen LogP contribution >= 0.6 is 0 Å². The minimum Gasteiger partial charge on any atom is -0.393 e. The third-order valence-electron chi connectivity index (χ3n) is 4.00. The third-order valence-corrected chi connectivity index (χ3v) is 4.00. The second-order valence-corrected chi connectivity index (χ2v) is 5.44. The molecule has 110 valence electrons. The minimum absolute atomic E-state index is 0.0233. The van der Waals surface area contributed by atoms with Crippen LogP contribution in [-0.4, -0.2) is 27.2 Å². The highest BCUT2D eigenvalue weighted by molar-refractivity contribution is 5.96. The van der Waals surface area contributed by atoms with E-state index in [2.05, 4.69) is 10.3 Å². The summed E-state index contributed by atoms with van der Waals surface area (Å²) in [6.45, 7) is 0. The molecule has 1 saturated carbocycles. The van der Waals surface area contributed by atoms with E-state index in [0.29, 0.717) is 11.6 Å². The smallest absolute Gasteiger partial charge is 0.295 e. The van der Waals surface area contributed by atoms with Crippen molar-refractivity contribution in [1.29, 1.82) is 0 Å². The Labute approximate surface area is 122 Å². The Morgan fingerprint density at radius 2 is 2.00 bits per heavy atom. The Bertz CT molecular complexity index is 666. The van der Waals surface area contributed by atoms with Crippen LogP contribution in [0, 0.1) is 10.1 Å². The van der Waals surface area contributed by atoms with Gasteiger partial charge in [-0.15, -0.1) is 0 Å². The molecule has 1 heterocycles. The summed E-state index contributed by atoms with van der Waals surface area (Å²) in [5.41, 5.74) is 1.30. The molecule has 1 fully saturated rings. The number of non-ortho nitro benzene ring substituents is 1. The largest absolute Gasteiger partial charge is 0.393 e. The normalized spacial score (nSPS) is 22.1. The van der Waals surface area contributed by atoms with E-state index in [1.807, 2.05) is 6.07 Å². The minimum atomic E-state index is -0.407. The molecule has 0 radical (unpaired) electrons. The number of aromatic nitrogens is 1. The van der Waals surface area contributed by atoms with E-state index in [1.54, 1.807) is 18.3 Å². The number of aliphatic hydroxyl groups is 1. The molecule has 1 aromatic heterocycles. The molecule has 0 saturated heterocycles. The van der Waals surface area contributed by atoms with E-state index in [9.17, 15) is 15.2 Å². The number of fused-ring (bicyclic) bond motifs is 1. The number of nitrogens with zero attached hydrogens (tertiary/aromatic N) is 2. The number of aliphatic hydroxyl groups excluding tert-OH is 1. The van der Waals surface area contributed by atoms with Gasteiger partial charge in [-0.25, -0.2) is 4.98 Å². The Morgan fingerprint density at radius 1 is 1.24 bits per heavy atom. The first-order valence-corrected chi connectivity index (χ1v) is 7.12. The average molecular weight is 287 g/mol. The van der Waals surface area contributed by atoms with Crippen LogP contribution < -0.4 is 5.32 Å². The molecule has 3 rings (SSSR count). The molecule has 6 nitrogen and oxygen atoms in total. The van der Waals surface area contributed by atoms with Gasteiger partial charge in [-0.2, -0.15) is 0 Å². The number of nitro groups is 1. The number of rotatable bonds is 3. The van der Waals surface area contributed by atoms with E-state index in [0.717, 1.165) is 36.8 Å². The van der Waals surface area contributed by atoms with Crippen molar-refractivity contribution >= 4 is 22.3 Å². The standard InChI is InChI=1S/C15H17N3O3/c19-11-5-3-10(4-6-11)17-13-7-8-14(18(20)21)15-12(13)2-1-9-16-15/h1-2,7-11,17,19H,3-6H2. The van der Waals surface area contributed by atoms with Crippen LogP contribution in [0.1, 0.15) is 25.7 Å². The number of hydrogen-bond donors (Lipinski definition) is 2. The predicted molar refractivity (Wildman–Crippen MR) is 80.3 cm³/mol. The van der Waals surface area contributed by atoms with Crippen LogP contribution in [0.5, 0.6) is 0 Å². The van der Waals surface area contributed by atoms with Gasteiger partial charge in [-0.05, 0) is 43.9 Å². The summed E-state index contributed by atoms with van der Waals surface area (Å²) >= 11 is 0. The molecule has 0 spiro atoms. The molecule has 21 heavy (non-hydrogen) atoms. The van der Waals surface area contributed by atoms with Gasteiger partial charge in [0.2, 0.25) is 0 Å². The zero-order valence-electron chi connectivity index (χ0n) is 11.5. The van der Waals surface area contributed by atoms with Crippen LogP contribution in [0.15, 0.2) is 30.5 Å². The molecule has 0 aliphatic heterocycles. The lowest BCUT2D eigenvalue weighted by Gasteiger charge is -2.27. The van der Waals surface area contributed by atoms with Gasteiger partial charge in [0, 0.05) is 29.4 Å². The third kappa shape index (κ3) is 2.80. The molecule has 0 atom stereocenters. The summed E-state index contributed by atoms with van der Waals surface area (Å²) in [7, 11) is 0. The highest BCUT2D eigenvalue weighted by atomic mass is 16.6. The quantitative estimate of drug-likeness (QED) is 0.669. The van der Waals surface area contributed by atoms with Crippen molar-refractivity contribution in [3.05, 3.63) is 40.6 Å². The maximum atomic E-state index is 11.1. The fourth-order valence-corrected chi connectivity index (χ4v) is 2.87. The van der Waals surface area contributed by atoms with E-state index < -0.39 is 4.92 Å². The van der Waals surface area contributed by atoms with Crippen molar-refractivity contribution in [1.82, 2.24) is 4.98 Å². The molecule has 0 amide bonds. The van der Waals surface area contributed by atoms with Gasteiger partial charge < -0.3 is 10.4 Å². The molecule has 1 aliphatic rings. The van der Waals surface area contributed by atoms with Gasteiger partial charge in [0.1, 0.15) is 5.52 Å². The Balaban J connectivity index is 1.93. The average Bonchev–Trinajstić information content (AvgIpc) is 2.49. The fourth-order valence-electron chi connectivity index (χ4n) is 2.87. The van der Waals surface area contributed by atoms with Crippen molar-refractivity contribution in [2.75, 3.05) is 5.32 Å². The van der Waals surface area contributed by atoms with E-state index >= 15 is 0 Å². The number of nitrogens with one attached hydrogen (secondary N) is 1. The van der Waals surface area contributed by atoms with Crippen molar-refractivity contribution < 1.29 is 10.0 Å².